The van der Waals surface area contributed by atoms with Gasteiger partial charge < -0.3 is 15.0 Å². The quantitative estimate of drug-likeness (QED) is 0.445. The van der Waals surface area contributed by atoms with Crippen LogP contribution in [0.15, 0.2) is 30.5 Å². The molecule has 0 atom stereocenters. The molecule has 0 bridgehead atoms. The lowest BCUT2D eigenvalue weighted by Crippen LogP contribution is -2.45. The van der Waals surface area contributed by atoms with E-state index in [-0.39, 0.29) is 29.5 Å². The number of ether oxygens (including phenoxy) is 1. The number of amides is 1. The van der Waals surface area contributed by atoms with Crippen LogP contribution in [0.3, 0.4) is 0 Å². The number of carbonyl (C=O) groups is 1. The zero-order valence-corrected chi connectivity index (χ0v) is 20.5. The van der Waals surface area contributed by atoms with Gasteiger partial charge in [0.15, 0.2) is 22.4 Å². The van der Waals surface area contributed by atoms with Crippen LogP contribution >= 0.6 is 12.2 Å². The van der Waals surface area contributed by atoms with Crippen molar-refractivity contribution in [1.29, 1.82) is 5.26 Å². The van der Waals surface area contributed by atoms with Gasteiger partial charge in [0.25, 0.3) is 0 Å². The fourth-order valence-electron chi connectivity index (χ4n) is 4.19. The molecule has 1 aromatic heterocycles. The number of halogens is 4. The first kappa shape index (κ1) is 26.7. The van der Waals surface area contributed by atoms with Crippen molar-refractivity contribution in [3.63, 3.8) is 0 Å². The lowest BCUT2D eigenvalue weighted by molar-refractivity contribution is -0.138. The van der Waals surface area contributed by atoms with Gasteiger partial charge in [-0.2, -0.15) is 18.4 Å². The predicted molar refractivity (Wildman–Crippen MR) is 132 cm³/mol. The lowest BCUT2D eigenvalue weighted by Gasteiger charge is -2.30. The van der Waals surface area contributed by atoms with Crippen LogP contribution in [-0.2, 0) is 11.0 Å². The maximum atomic E-state index is 14.9. The van der Waals surface area contributed by atoms with E-state index in [1.54, 1.807) is 6.07 Å². The van der Waals surface area contributed by atoms with Crippen molar-refractivity contribution in [3.8, 4) is 11.8 Å². The molecular weight excluding hydrogens is 512 g/mol. The minimum Gasteiger partial charge on any atom is -0.489 e. The second-order valence-electron chi connectivity index (χ2n) is 8.52. The number of carbonyl (C=O) groups excluding carboxylic acids is 1. The monoisotopic (exact) mass is 536 g/mol. The number of pyridine rings is 1. The third kappa shape index (κ3) is 6.15. The summed E-state index contributed by atoms with van der Waals surface area (Å²) in [4.78, 5) is 21.1. The van der Waals surface area contributed by atoms with E-state index in [9.17, 15) is 22.4 Å². The van der Waals surface area contributed by atoms with Crippen molar-refractivity contribution < 1.29 is 27.1 Å². The van der Waals surface area contributed by atoms with Crippen LogP contribution in [0.5, 0.6) is 5.75 Å². The molecule has 2 fully saturated rings. The van der Waals surface area contributed by atoms with Crippen molar-refractivity contribution in [3.05, 3.63) is 47.5 Å². The summed E-state index contributed by atoms with van der Waals surface area (Å²) in [5, 5.41) is 12.2. The number of nitriles is 1. The van der Waals surface area contributed by atoms with Crippen molar-refractivity contribution in [2.45, 2.75) is 19.0 Å². The number of nitrogens with zero attached hydrogens (tertiary/aromatic N) is 5. The number of nitrogens with one attached hydrogen (secondary N) is 1. The van der Waals surface area contributed by atoms with E-state index in [4.69, 9.17) is 22.2 Å². The Morgan fingerprint density at radius 2 is 1.92 bits per heavy atom. The Morgan fingerprint density at radius 1 is 1.16 bits per heavy atom. The van der Waals surface area contributed by atoms with Gasteiger partial charge in [-0.25, -0.2) is 9.37 Å². The van der Waals surface area contributed by atoms with Gasteiger partial charge in [0.2, 0.25) is 5.91 Å². The summed E-state index contributed by atoms with van der Waals surface area (Å²) in [7, 11) is 0. The van der Waals surface area contributed by atoms with Crippen molar-refractivity contribution in [1.82, 2.24) is 15.2 Å². The van der Waals surface area contributed by atoms with Crippen molar-refractivity contribution >= 4 is 34.6 Å². The molecule has 13 heteroatoms. The number of anilines is 2. The molecule has 0 spiro atoms. The van der Waals surface area contributed by atoms with Crippen LogP contribution in [0.4, 0.5) is 28.9 Å². The number of rotatable bonds is 6. The second kappa shape index (κ2) is 11.4. The van der Waals surface area contributed by atoms with E-state index in [0.717, 1.165) is 37.3 Å². The Balaban J connectivity index is 1.54. The Bertz CT molecular complexity index is 1210. The van der Waals surface area contributed by atoms with E-state index < -0.39 is 29.2 Å². The van der Waals surface area contributed by atoms with E-state index in [0.29, 0.717) is 31.3 Å². The van der Waals surface area contributed by atoms with Crippen LogP contribution in [0.25, 0.3) is 0 Å². The third-order valence-electron chi connectivity index (χ3n) is 6.09. The number of thiocarbonyl (C=S) groups is 1. The van der Waals surface area contributed by atoms with E-state index in [1.807, 2.05) is 0 Å². The Kier molecular flexibility index (Phi) is 8.21. The molecule has 0 unspecified atom stereocenters. The summed E-state index contributed by atoms with van der Waals surface area (Å²) >= 11 is 5.49. The molecule has 0 saturated carbocycles. The number of hydrogen-bond acceptors (Lipinski definition) is 7. The second-order valence-corrected chi connectivity index (χ2v) is 8.89. The summed E-state index contributed by atoms with van der Waals surface area (Å²) in [6.07, 6.45) is -3.50. The smallest absolute Gasteiger partial charge is 0.419 e. The van der Waals surface area contributed by atoms with Gasteiger partial charge >= 0.3 is 6.18 Å². The van der Waals surface area contributed by atoms with Crippen LogP contribution in [0, 0.1) is 17.1 Å². The van der Waals surface area contributed by atoms with E-state index in [2.05, 4.69) is 15.2 Å². The first-order valence-electron chi connectivity index (χ1n) is 11.7. The molecule has 196 valence electrons. The summed E-state index contributed by atoms with van der Waals surface area (Å²) in [5.74, 6) is -1.08. The number of aromatic nitrogens is 1. The normalized spacial score (nSPS) is 17.5. The molecule has 2 saturated heterocycles. The standard InChI is InChI=1S/C24H24F4N6O2S/c25-19-13-16(3-4-21(19)36-11-10-32-8-5-30-6-9-32)33-7-1-2-22(35)34(23(33)37)17-12-18(24(26,27)28)20(14-29)31-15-17/h3-4,12-13,15,30H,1-2,5-11H2. The van der Waals surface area contributed by atoms with Gasteiger partial charge in [-0.1, -0.05) is 0 Å². The van der Waals surface area contributed by atoms with Crippen molar-refractivity contribution in [2.24, 2.45) is 0 Å². The first-order chi connectivity index (χ1) is 17.7. The largest absolute Gasteiger partial charge is 0.489 e. The SMILES string of the molecule is N#Cc1ncc(N2C(=O)CCCN(c3ccc(OCCN4CCNCC4)c(F)c3)C2=S)cc1C(F)(F)F. The topological polar surface area (TPSA) is 84.7 Å². The number of hydrogen-bond donors (Lipinski definition) is 1. The fraction of sp³-hybridized carbons (Fsp3) is 0.417. The predicted octanol–water partition coefficient (Wildman–Crippen LogP) is 3.31. The molecule has 1 amide bonds. The number of benzene rings is 1. The highest BCUT2D eigenvalue weighted by atomic mass is 32.1. The molecule has 0 radical (unpaired) electrons. The molecule has 2 aliphatic rings. The molecule has 1 N–H and O–H groups in total. The Hall–Kier alpha value is -3.34. The third-order valence-corrected chi connectivity index (χ3v) is 6.49. The number of piperazine rings is 1. The van der Waals surface area contributed by atoms with Gasteiger partial charge in [0, 0.05) is 57.4 Å². The molecule has 0 aliphatic carbocycles. The van der Waals surface area contributed by atoms with Gasteiger partial charge in [-0.15, -0.1) is 0 Å². The summed E-state index contributed by atoms with van der Waals surface area (Å²) in [6.45, 7) is 4.81. The zero-order chi connectivity index (χ0) is 26.6. The molecule has 2 aliphatic heterocycles. The van der Waals surface area contributed by atoms with Gasteiger partial charge in [-0.3, -0.25) is 14.6 Å². The van der Waals surface area contributed by atoms with Crippen molar-refractivity contribution in [2.75, 3.05) is 55.7 Å². The molecule has 8 nitrogen and oxygen atoms in total. The Labute approximate surface area is 216 Å². The average molecular weight is 537 g/mol. The highest BCUT2D eigenvalue weighted by Gasteiger charge is 2.37. The molecule has 1 aromatic carbocycles. The molecule has 4 rings (SSSR count). The maximum absolute atomic E-state index is 14.9. The van der Waals surface area contributed by atoms with Crippen LogP contribution in [0.1, 0.15) is 24.1 Å². The zero-order valence-electron chi connectivity index (χ0n) is 19.7. The van der Waals surface area contributed by atoms with Crippen LogP contribution in [-0.4, -0.2) is 66.8 Å². The fourth-order valence-corrected chi connectivity index (χ4v) is 4.60. The lowest BCUT2D eigenvalue weighted by atomic mass is 10.1. The molecular formula is C24H24F4N6O2S. The van der Waals surface area contributed by atoms with Gasteiger partial charge in [0.05, 0.1) is 17.4 Å². The molecule has 3 heterocycles. The van der Waals surface area contributed by atoms with Gasteiger partial charge in [0.1, 0.15) is 12.7 Å². The average Bonchev–Trinajstić information content (AvgIpc) is 3.02. The first-order valence-corrected chi connectivity index (χ1v) is 12.1. The van der Waals surface area contributed by atoms with Gasteiger partial charge in [-0.05, 0) is 36.8 Å². The van der Waals surface area contributed by atoms with Crippen LogP contribution in [0.2, 0.25) is 0 Å². The minimum absolute atomic E-state index is 0.00763. The van der Waals surface area contributed by atoms with E-state index >= 15 is 0 Å². The summed E-state index contributed by atoms with van der Waals surface area (Å²) < 4.78 is 60.9. The maximum Gasteiger partial charge on any atom is 0.419 e. The molecule has 2 aromatic rings. The van der Waals surface area contributed by atoms with Crippen LogP contribution < -0.4 is 19.9 Å². The Morgan fingerprint density at radius 3 is 2.59 bits per heavy atom. The summed E-state index contributed by atoms with van der Waals surface area (Å²) in [5.41, 5.74) is -1.97. The van der Waals surface area contributed by atoms with E-state index in [1.165, 1.54) is 23.1 Å². The summed E-state index contributed by atoms with van der Waals surface area (Å²) in [6, 6.07) is 6.36. The minimum atomic E-state index is -4.85. The number of alkyl halides is 3. The highest BCUT2D eigenvalue weighted by molar-refractivity contribution is 7.81. The highest BCUT2D eigenvalue weighted by Crippen LogP contribution is 2.35. The molecule has 37 heavy (non-hydrogen) atoms.